The number of nitrogens with zero attached hydrogens (tertiary/aromatic N) is 3. The number of aryl methyl sites for hydroxylation is 2. The third-order valence-corrected chi connectivity index (χ3v) is 3.70. The quantitative estimate of drug-likeness (QED) is 0.907. The van der Waals surface area contributed by atoms with E-state index >= 15 is 0 Å². The molecule has 0 spiro atoms. The summed E-state index contributed by atoms with van der Waals surface area (Å²) in [5.41, 5.74) is 1.53. The lowest BCUT2D eigenvalue weighted by Gasteiger charge is -2.28. The van der Waals surface area contributed by atoms with E-state index in [1.807, 2.05) is 13.0 Å². The van der Waals surface area contributed by atoms with Crippen LogP contribution in [-0.2, 0) is 9.59 Å². The van der Waals surface area contributed by atoms with Gasteiger partial charge in [-0.05, 0) is 39.2 Å². The molecule has 2 rings (SSSR count). The first-order chi connectivity index (χ1) is 9.49. The van der Waals surface area contributed by atoms with E-state index in [0.717, 1.165) is 43.7 Å². The molecule has 0 unspecified atom stereocenters. The second-order valence-electron chi connectivity index (χ2n) is 5.37. The van der Waals surface area contributed by atoms with E-state index in [1.54, 1.807) is 11.8 Å². The molecule has 1 saturated heterocycles. The van der Waals surface area contributed by atoms with Crippen molar-refractivity contribution in [2.24, 2.45) is 0 Å². The van der Waals surface area contributed by atoms with Gasteiger partial charge in [-0.2, -0.15) is 5.10 Å². The van der Waals surface area contributed by atoms with Gasteiger partial charge in [0.05, 0.1) is 12.1 Å². The van der Waals surface area contributed by atoms with Crippen LogP contribution in [0.4, 0.5) is 0 Å². The van der Waals surface area contributed by atoms with Crippen molar-refractivity contribution in [3.63, 3.8) is 0 Å². The summed E-state index contributed by atoms with van der Waals surface area (Å²) in [6, 6.07) is 0.902. The fourth-order valence-corrected chi connectivity index (χ4v) is 2.68. The number of carboxylic acids is 1. The first-order valence-electron chi connectivity index (χ1n) is 7.02. The Kier molecular flexibility index (Phi) is 4.42. The third kappa shape index (κ3) is 3.18. The number of piperidine rings is 1. The van der Waals surface area contributed by atoms with Gasteiger partial charge in [0.1, 0.15) is 0 Å². The molecule has 1 aliphatic heterocycles. The first-order valence-corrected chi connectivity index (χ1v) is 7.02. The van der Waals surface area contributed by atoms with E-state index in [0.29, 0.717) is 0 Å². The van der Waals surface area contributed by atoms with Crippen molar-refractivity contribution in [1.82, 2.24) is 14.7 Å². The smallest absolute Gasteiger partial charge is 0.329 e. The van der Waals surface area contributed by atoms with Crippen molar-refractivity contribution in [2.75, 3.05) is 13.1 Å². The molecule has 1 atom stereocenters. The lowest BCUT2D eigenvalue weighted by molar-refractivity contribution is -0.145. The zero-order valence-corrected chi connectivity index (χ0v) is 12.0. The van der Waals surface area contributed by atoms with E-state index in [4.69, 9.17) is 0 Å². The number of hydrogen-bond acceptors (Lipinski definition) is 3. The van der Waals surface area contributed by atoms with Gasteiger partial charge in [0.2, 0.25) is 5.91 Å². The fourth-order valence-electron chi connectivity index (χ4n) is 2.68. The van der Waals surface area contributed by atoms with Gasteiger partial charge in [-0.25, -0.2) is 4.79 Å². The molecule has 2 heterocycles. The molecule has 1 aromatic rings. The Labute approximate surface area is 118 Å². The molecule has 1 aromatic heterocycles. The van der Waals surface area contributed by atoms with Crippen molar-refractivity contribution in [1.29, 1.82) is 0 Å². The van der Waals surface area contributed by atoms with Gasteiger partial charge in [0.25, 0.3) is 0 Å². The number of likely N-dealkylation sites (tertiary alicyclic amines) is 1. The Morgan fingerprint density at radius 1 is 1.30 bits per heavy atom. The van der Waals surface area contributed by atoms with Crippen molar-refractivity contribution >= 4 is 11.9 Å². The maximum atomic E-state index is 12.2. The summed E-state index contributed by atoms with van der Waals surface area (Å²) in [6.45, 7) is 5.10. The first kappa shape index (κ1) is 14.6. The Morgan fingerprint density at radius 2 is 1.95 bits per heavy atom. The summed E-state index contributed by atoms with van der Waals surface area (Å²) in [4.78, 5) is 25.4. The molecule has 1 fully saturated rings. The molecule has 0 saturated carbocycles. The van der Waals surface area contributed by atoms with Gasteiger partial charge in [-0.3, -0.25) is 9.48 Å². The second kappa shape index (κ2) is 6.07. The molecule has 20 heavy (non-hydrogen) atoms. The average molecular weight is 279 g/mol. The molecule has 0 aliphatic carbocycles. The Morgan fingerprint density at radius 3 is 2.45 bits per heavy atom. The van der Waals surface area contributed by atoms with Crippen LogP contribution in [0.25, 0.3) is 0 Å². The fraction of sp³-hybridized carbons (Fsp3) is 0.643. The number of rotatable bonds is 4. The number of carbonyl (C=O) groups excluding carboxylic acids is 1. The van der Waals surface area contributed by atoms with Crippen molar-refractivity contribution in [3.8, 4) is 0 Å². The summed E-state index contributed by atoms with van der Waals surface area (Å²) < 4.78 is 1.44. The number of hydrogen-bond donors (Lipinski definition) is 1. The van der Waals surface area contributed by atoms with Gasteiger partial charge in [0, 0.05) is 18.8 Å². The van der Waals surface area contributed by atoms with Crippen molar-refractivity contribution in [2.45, 2.75) is 45.6 Å². The van der Waals surface area contributed by atoms with E-state index in [2.05, 4.69) is 5.10 Å². The van der Waals surface area contributed by atoms with Crippen LogP contribution in [0.5, 0.6) is 0 Å². The van der Waals surface area contributed by atoms with Crippen LogP contribution >= 0.6 is 0 Å². The summed E-state index contributed by atoms with van der Waals surface area (Å²) in [5.74, 6) is -1.11. The predicted octanol–water partition coefficient (Wildman–Crippen LogP) is 1.53. The molecule has 1 N–H and O–H groups in total. The van der Waals surface area contributed by atoms with Gasteiger partial charge >= 0.3 is 5.97 Å². The Hall–Kier alpha value is -1.85. The molecule has 1 amide bonds. The number of amides is 1. The zero-order valence-electron chi connectivity index (χ0n) is 12.0. The normalized spacial score (nSPS) is 17.0. The lowest BCUT2D eigenvalue weighted by Crippen LogP contribution is -2.38. The molecule has 1 aliphatic rings. The predicted molar refractivity (Wildman–Crippen MR) is 73.4 cm³/mol. The molecule has 0 radical (unpaired) electrons. The number of aliphatic carboxylic acids is 1. The third-order valence-electron chi connectivity index (χ3n) is 3.70. The van der Waals surface area contributed by atoms with E-state index in [9.17, 15) is 14.7 Å². The zero-order chi connectivity index (χ0) is 14.7. The number of carbonyl (C=O) groups is 2. The minimum atomic E-state index is -1.01. The molecular formula is C14H21N3O3. The van der Waals surface area contributed by atoms with Crippen LogP contribution in [0.2, 0.25) is 0 Å². The van der Waals surface area contributed by atoms with E-state index in [-0.39, 0.29) is 12.3 Å². The highest BCUT2D eigenvalue weighted by Gasteiger charge is 2.28. The van der Waals surface area contributed by atoms with Crippen molar-refractivity contribution < 1.29 is 14.7 Å². The van der Waals surface area contributed by atoms with E-state index in [1.165, 1.54) is 4.68 Å². The summed E-state index contributed by atoms with van der Waals surface area (Å²) >= 11 is 0. The molecule has 6 heteroatoms. The van der Waals surface area contributed by atoms with Gasteiger partial charge < -0.3 is 10.0 Å². The lowest BCUT2D eigenvalue weighted by atomic mass is 10.1. The van der Waals surface area contributed by atoms with E-state index < -0.39 is 12.0 Å². The molecule has 110 valence electrons. The van der Waals surface area contributed by atoms with Crippen LogP contribution in [0.3, 0.4) is 0 Å². The van der Waals surface area contributed by atoms with Crippen molar-refractivity contribution in [3.05, 3.63) is 17.5 Å². The second-order valence-corrected chi connectivity index (χ2v) is 5.37. The van der Waals surface area contributed by atoms with Gasteiger partial charge in [-0.1, -0.05) is 0 Å². The molecule has 0 bridgehead atoms. The average Bonchev–Trinajstić information content (AvgIpc) is 2.75. The van der Waals surface area contributed by atoms with Gasteiger partial charge in [-0.15, -0.1) is 0 Å². The highest BCUT2D eigenvalue weighted by atomic mass is 16.4. The van der Waals surface area contributed by atoms with Gasteiger partial charge in [0.15, 0.2) is 6.04 Å². The number of carboxylic acid groups (broad SMARTS) is 1. The monoisotopic (exact) mass is 279 g/mol. The standard InChI is InChI=1S/C14H21N3O3/c1-10-8-11(2)17(15-10)12(14(19)20)9-13(18)16-6-4-3-5-7-16/h8,12H,3-7,9H2,1-2H3,(H,19,20)/t12-/m0/s1. The Bertz CT molecular complexity index is 504. The van der Waals surface area contributed by atoms with Crippen LogP contribution in [0.15, 0.2) is 6.07 Å². The highest BCUT2D eigenvalue weighted by Crippen LogP contribution is 2.18. The largest absolute Gasteiger partial charge is 0.480 e. The SMILES string of the molecule is Cc1cc(C)n([C@@H](CC(=O)N2CCCCC2)C(=O)O)n1. The molecular weight excluding hydrogens is 258 g/mol. The summed E-state index contributed by atoms with van der Waals surface area (Å²) in [5, 5.41) is 13.6. The number of aromatic nitrogens is 2. The summed E-state index contributed by atoms with van der Waals surface area (Å²) in [6.07, 6.45) is 3.12. The topological polar surface area (TPSA) is 75.4 Å². The minimum Gasteiger partial charge on any atom is -0.480 e. The molecule has 0 aromatic carbocycles. The summed E-state index contributed by atoms with van der Waals surface area (Å²) in [7, 11) is 0. The maximum absolute atomic E-state index is 12.2. The molecule has 6 nitrogen and oxygen atoms in total. The van der Waals surface area contributed by atoms with Crippen LogP contribution in [0, 0.1) is 13.8 Å². The minimum absolute atomic E-state index is 0.0305. The Balaban J connectivity index is 2.11. The van der Waals surface area contributed by atoms with Crippen LogP contribution < -0.4 is 0 Å². The highest BCUT2D eigenvalue weighted by molar-refractivity contribution is 5.83. The van der Waals surface area contributed by atoms with Crippen LogP contribution in [-0.4, -0.2) is 44.8 Å². The van der Waals surface area contributed by atoms with Crippen LogP contribution in [0.1, 0.15) is 43.1 Å². The maximum Gasteiger partial charge on any atom is 0.329 e.